The Balaban J connectivity index is 2.57. The van der Waals surface area contributed by atoms with Crippen molar-refractivity contribution in [3.63, 3.8) is 0 Å². The van der Waals surface area contributed by atoms with Crippen LogP contribution in [0.1, 0.15) is 53.4 Å². The number of aliphatic hydroxyl groups is 1. The normalized spacial score (nSPS) is 20.8. The molecule has 1 rings (SSSR count). The number of hydrogen-bond acceptors (Lipinski definition) is 4. The summed E-state index contributed by atoms with van der Waals surface area (Å²) in [6, 6.07) is 0. The van der Waals surface area contributed by atoms with E-state index >= 15 is 0 Å². The number of aliphatic imine (C=N–C) groups is 1. The number of rotatable bonds is 11. The van der Waals surface area contributed by atoms with Crippen molar-refractivity contribution in [2.45, 2.75) is 65.1 Å². The molecular weight excluding hydrogens is 373 g/mol. The molecule has 0 spiro atoms. The zero-order valence-corrected chi connectivity index (χ0v) is 19.1. The van der Waals surface area contributed by atoms with Crippen LogP contribution >= 0.6 is 20.3 Å². The van der Waals surface area contributed by atoms with E-state index in [1.165, 1.54) is 17.4 Å². The second-order valence-corrected chi connectivity index (χ2v) is 9.85. The molecule has 3 nitrogen and oxygen atoms in total. The zero-order chi connectivity index (χ0) is 20.4. The molecule has 4 atom stereocenters. The molecule has 0 aromatic rings. The van der Waals surface area contributed by atoms with Gasteiger partial charge >= 0.3 is 0 Å². The first-order valence-corrected chi connectivity index (χ1v) is 12.2. The van der Waals surface area contributed by atoms with Crippen molar-refractivity contribution in [2.75, 3.05) is 12.4 Å². The largest absolute Gasteiger partial charge is 0.392 e. The molecule has 0 radical (unpaired) electrons. The predicted octanol–water partition coefficient (Wildman–Crippen LogP) is 5.05. The second kappa shape index (κ2) is 12.6. The maximum atomic E-state index is 12.3. The molecule has 1 aliphatic carbocycles. The van der Waals surface area contributed by atoms with E-state index < -0.39 is 6.10 Å². The van der Waals surface area contributed by atoms with E-state index in [0.29, 0.717) is 5.66 Å². The molecule has 150 valence electrons. The van der Waals surface area contributed by atoms with E-state index in [0.717, 1.165) is 39.7 Å². The number of aliphatic hydroxyl groups excluding tert-OH is 1. The van der Waals surface area contributed by atoms with E-state index in [2.05, 4.69) is 23.2 Å². The molecule has 0 heterocycles. The number of allylic oxidation sites excluding steroid dienone is 2. The lowest BCUT2D eigenvalue weighted by Crippen LogP contribution is -2.23. The molecule has 27 heavy (non-hydrogen) atoms. The SMILES string of the molecule is C#CC=N/C(=C\SC)C1=C(C)C(PCCC(C)C(=O)CC(O)C(C)C)CC1. The summed E-state index contributed by atoms with van der Waals surface area (Å²) < 4.78 is 0. The van der Waals surface area contributed by atoms with E-state index in [1.807, 2.05) is 27.0 Å². The van der Waals surface area contributed by atoms with Crippen molar-refractivity contribution in [3.8, 4) is 12.3 Å². The maximum Gasteiger partial charge on any atom is 0.138 e. The van der Waals surface area contributed by atoms with Crippen LogP contribution < -0.4 is 0 Å². The van der Waals surface area contributed by atoms with Gasteiger partial charge in [0.05, 0.1) is 18.0 Å². The second-order valence-electron chi connectivity index (χ2n) is 7.54. The molecule has 0 saturated heterocycles. The summed E-state index contributed by atoms with van der Waals surface area (Å²) in [5.41, 5.74) is 4.35. The van der Waals surface area contributed by atoms with Crippen LogP contribution in [0.4, 0.5) is 0 Å². The molecule has 4 unspecified atom stereocenters. The highest BCUT2D eigenvalue weighted by molar-refractivity contribution is 8.01. The van der Waals surface area contributed by atoms with Gasteiger partial charge in [-0.1, -0.05) is 32.3 Å². The van der Waals surface area contributed by atoms with Crippen LogP contribution in [0.15, 0.2) is 27.2 Å². The molecule has 5 heteroatoms. The van der Waals surface area contributed by atoms with Crippen LogP contribution in [0, 0.1) is 24.2 Å². The van der Waals surface area contributed by atoms with Gasteiger partial charge in [0.15, 0.2) is 0 Å². The number of nitrogens with zero attached hydrogens (tertiary/aromatic N) is 1. The Morgan fingerprint density at radius 2 is 2.19 bits per heavy atom. The Morgan fingerprint density at radius 1 is 1.48 bits per heavy atom. The lowest BCUT2D eigenvalue weighted by molar-refractivity contribution is -0.124. The third kappa shape index (κ3) is 7.94. The van der Waals surface area contributed by atoms with Crippen LogP contribution in [-0.4, -0.2) is 41.3 Å². The first-order valence-electron chi connectivity index (χ1n) is 9.67. The van der Waals surface area contributed by atoms with Crippen molar-refractivity contribution in [2.24, 2.45) is 16.8 Å². The topological polar surface area (TPSA) is 49.7 Å². The summed E-state index contributed by atoms with van der Waals surface area (Å²) in [5, 5.41) is 12.0. The van der Waals surface area contributed by atoms with E-state index in [4.69, 9.17) is 6.42 Å². The Bertz CT molecular complexity index is 631. The first kappa shape index (κ1) is 24.2. The van der Waals surface area contributed by atoms with Crippen LogP contribution in [0.25, 0.3) is 0 Å². The van der Waals surface area contributed by atoms with Gasteiger partial charge in [0.1, 0.15) is 5.78 Å². The summed E-state index contributed by atoms with van der Waals surface area (Å²) in [5.74, 6) is 2.82. The zero-order valence-electron chi connectivity index (χ0n) is 17.3. The first-order chi connectivity index (χ1) is 12.8. The number of terminal acetylenes is 1. The monoisotopic (exact) mass is 407 g/mol. The molecule has 1 aliphatic rings. The minimum atomic E-state index is -0.518. The molecule has 0 bridgehead atoms. The molecular formula is C22H34NO2PS. The van der Waals surface area contributed by atoms with Crippen molar-refractivity contribution < 1.29 is 9.90 Å². The summed E-state index contributed by atoms with van der Waals surface area (Å²) in [6.07, 6.45) is 12.8. The van der Waals surface area contributed by atoms with Crippen LogP contribution in [0.5, 0.6) is 0 Å². The highest BCUT2D eigenvalue weighted by Gasteiger charge is 2.25. The highest BCUT2D eigenvalue weighted by Crippen LogP contribution is 2.42. The van der Waals surface area contributed by atoms with Gasteiger partial charge in [-0.25, -0.2) is 4.99 Å². The smallest absolute Gasteiger partial charge is 0.138 e. The number of ketones is 1. The summed E-state index contributed by atoms with van der Waals surface area (Å²) >= 11 is 1.65. The lowest BCUT2D eigenvalue weighted by Gasteiger charge is -2.18. The van der Waals surface area contributed by atoms with Crippen molar-refractivity contribution in [1.82, 2.24) is 0 Å². The number of thioether (sulfide) groups is 1. The number of carbonyl (C=O) groups excluding carboxylic acids is 1. The third-order valence-electron chi connectivity index (χ3n) is 5.20. The van der Waals surface area contributed by atoms with Crippen molar-refractivity contribution >= 4 is 32.3 Å². The van der Waals surface area contributed by atoms with Crippen LogP contribution in [0.3, 0.4) is 0 Å². The third-order valence-corrected chi connectivity index (χ3v) is 7.45. The van der Waals surface area contributed by atoms with E-state index in [-0.39, 0.29) is 24.0 Å². The van der Waals surface area contributed by atoms with Gasteiger partial charge in [0.25, 0.3) is 0 Å². The Hall–Kier alpha value is -0.880. The quantitative estimate of drug-likeness (QED) is 0.296. The minimum Gasteiger partial charge on any atom is -0.392 e. The van der Waals surface area contributed by atoms with Gasteiger partial charge < -0.3 is 5.11 Å². The number of carbonyl (C=O) groups is 1. The fraction of sp³-hybridized carbons (Fsp3) is 0.636. The van der Waals surface area contributed by atoms with Crippen molar-refractivity contribution in [3.05, 3.63) is 22.3 Å². The molecule has 0 amide bonds. The van der Waals surface area contributed by atoms with Crippen LogP contribution in [-0.2, 0) is 4.79 Å². The minimum absolute atomic E-state index is 0.0308. The predicted molar refractivity (Wildman–Crippen MR) is 122 cm³/mol. The van der Waals surface area contributed by atoms with Crippen LogP contribution in [0.2, 0.25) is 0 Å². The van der Waals surface area contributed by atoms with Crippen molar-refractivity contribution in [1.29, 1.82) is 0 Å². The molecule has 0 aliphatic heterocycles. The Kier molecular flexibility index (Phi) is 11.2. The fourth-order valence-electron chi connectivity index (χ4n) is 3.17. The summed E-state index contributed by atoms with van der Waals surface area (Å²) in [4.78, 5) is 16.7. The summed E-state index contributed by atoms with van der Waals surface area (Å²) in [6.45, 7) is 8.11. The lowest BCUT2D eigenvalue weighted by atomic mass is 9.94. The molecule has 0 fully saturated rings. The maximum absolute atomic E-state index is 12.3. The number of hydrogen-bond donors (Lipinski definition) is 1. The van der Waals surface area contributed by atoms with Gasteiger partial charge in [0, 0.05) is 12.3 Å². The molecule has 0 aromatic heterocycles. The van der Waals surface area contributed by atoms with Gasteiger partial charge in [0.2, 0.25) is 0 Å². The molecule has 1 N–H and O–H groups in total. The fourth-order valence-corrected chi connectivity index (χ4v) is 5.38. The summed E-state index contributed by atoms with van der Waals surface area (Å²) in [7, 11) is 0.827. The average Bonchev–Trinajstić information content (AvgIpc) is 2.99. The highest BCUT2D eigenvalue weighted by atomic mass is 32.2. The van der Waals surface area contributed by atoms with Gasteiger partial charge in [-0.05, 0) is 61.2 Å². The standard InChI is InChI=1S/C22H34NO2PS/c1-7-11-23-19(14-27-6)18-8-9-22(17(18)5)26-12-10-16(4)21(25)13-20(24)15(2)3/h1,11,14-16,20,22,24,26H,8-10,12-13H2,2-6H3/b19-14-,23-11?. The van der Waals surface area contributed by atoms with E-state index in [1.54, 1.807) is 11.8 Å². The molecule has 0 aromatic carbocycles. The van der Waals surface area contributed by atoms with Gasteiger partial charge in [-0.2, -0.15) is 0 Å². The van der Waals surface area contributed by atoms with Gasteiger partial charge in [-0.15, -0.1) is 26.8 Å². The Labute approximate surface area is 171 Å². The average molecular weight is 408 g/mol. The Morgan fingerprint density at radius 3 is 2.78 bits per heavy atom. The van der Waals surface area contributed by atoms with Gasteiger partial charge in [-0.3, -0.25) is 4.79 Å². The molecule has 0 saturated carbocycles. The number of Topliss-reactive ketones (excluding diaryl/α,β-unsaturated/α-hetero) is 1. The van der Waals surface area contributed by atoms with E-state index in [9.17, 15) is 9.90 Å².